The molecule has 1 aliphatic rings. The smallest absolute Gasteiger partial charge is 0.0826 e. The summed E-state index contributed by atoms with van der Waals surface area (Å²) in [4.78, 5) is 2.22. The van der Waals surface area contributed by atoms with Crippen molar-refractivity contribution in [2.24, 2.45) is 0 Å². The molecule has 3 N–H and O–H groups in total. The van der Waals surface area contributed by atoms with E-state index in [4.69, 9.17) is 4.74 Å². The maximum Gasteiger partial charge on any atom is 0.0826 e. The topological polar surface area (TPSA) is 65.0 Å². The molecule has 0 radical (unpaired) electrons. The Labute approximate surface area is 97.4 Å². The van der Waals surface area contributed by atoms with Gasteiger partial charge in [0.05, 0.1) is 31.5 Å². The van der Waals surface area contributed by atoms with Gasteiger partial charge in [0.1, 0.15) is 0 Å². The van der Waals surface area contributed by atoms with Gasteiger partial charge in [-0.1, -0.05) is 6.92 Å². The average Bonchev–Trinajstić information content (AvgIpc) is 2.32. The van der Waals surface area contributed by atoms with Crippen LogP contribution in [0.2, 0.25) is 0 Å². The molecule has 5 nitrogen and oxygen atoms in total. The molecular weight excluding hydrogens is 208 g/mol. The Morgan fingerprint density at radius 2 is 2.12 bits per heavy atom. The minimum absolute atomic E-state index is 0.0530. The van der Waals surface area contributed by atoms with Gasteiger partial charge < -0.3 is 25.2 Å². The second kappa shape index (κ2) is 6.51. The van der Waals surface area contributed by atoms with Crippen molar-refractivity contribution >= 4 is 0 Å². The second-order valence-electron chi connectivity index (χ2n) is 4.59. The molecule has 5 heteroatoms. The number of likely N-dealkylation sites (N-methyl/N-ethyl adjacent to an activating group) is 1. The highest BCUT2D eigenvalue weighted by molar-refractivity contribution is 4.87. The first-order valence-corrected chi connectivity index (χ1v) is 5.92. The van der Waals surface area contributed by atoms with E-state index < -0.39 is 5.54 Å². The number of nitrogens with zero attached hydrogens (tertiary/aromatic N) is 1. The largest absolute Gasteiger partial charge is 0.394 e. The molecule has 0 spiro atoms. The molecule has 16 heavy (non-hydrogen) atoms. The van der Waals surface area contributed by atoms with E-state index in [0.717, 1.165) is 19.7 Å². The van der Waals surface area contributed by atoms with E-state index in [1.54, 1.807) is 0 Å². The van der Waals surface area contributed by atoms with E-state index in [1.165, 1.54) is 0 Å². The first-order chi connectivity index (χ1) is 7.65. The Morgan fingerprint density at radius 1 is 1.44 bits per heavy atom. The molecule has 0 amide bonds. The van der Waals surface area contributed by atoms with Crippen molar-refractivity contribution in [1.29, 1.82) is 0 Å². The fourth-order valence-electron chi connectivity index (χ4n) is 1.83. The number of aliphatic hydroxyl groups is 2. The van der Waals surface area contributed by atoms with Gasteiger partial charge in [0, 0.05) is 19.6 Å². The minimum atomic E-state index is -0.570. The molecule has 1 heterocycles. The third-order valence-electron chi connectivity index (χ3n) is 3.33. The van der Waals surface area contributed by atoms with Crippen LogP contribution in [0.1, 0.15) is 13.3 Å². The molecule has 0 aromatic rings. The summed E-state index contributed by atoms with van der Waals surface area (Å²) >= 11 is 0. The van der Waals surface area contributed by atoms with Gasteiger partial charge in [-0.15, -0.1) is 0 Å². The zero-order valence-electron chi connectivity index (χ0n) is 10.3. The van der Waals surface area contributed by atoms with Crippen LogP contribution in [0.15, 0.2) is 0 Å². The molecular formula is C11H24N2O3. The van der Waals surface area contributed by atoms with Crippen molar-refractivity contribution in [2.45, 2.75) is 25.0 Å². The van der Waals surface area contributed by atoms with Crippen molar-refractivity contribution in [3.05, 3.63) is 0 Å². The lowest BCUT2D eigenvalue weighted by Gasteiger charge is -2.35. The normalized spacial score (nSPS) is 23.6. The van der Waals surface area contributed by atoms with Crippen molar-refractivity contribution < 1.29 is 14.9 Å². The standard InChI is InChI=1S/C11H24N2O3/c1-3-11(8-14,9-15)12-6-10-7-13(2)4-5-16-10/h10,12,14-15H,3-9H2,1-2H3. The molecule has 0 aromatic carbocycles. The summed E-state index contributed by atoms with van der Waals surface area (Å²) in [5.41, 5.74) is -0.570. The zero-order chi connectivity index (χ0) is 12.0. The van der Waals surface area contributed by atoms with Gasteiger partial charge in [0.2, 0.25) is 0 Å². The lowest BCUT2D eigenvalue weighted by atomic mass is 9.98. The van der Waals surface area contributed by atoms with E-state index in [-0.39, 0.29) is 19.3 Å². The summed E-state index contributed by atoms with van der Waals surface area (Å²) in [6, 6.07) is 0. The highest BCUT2D eigenvalue weighted by Gasteiger charge is 2.28. The molecule has 0 aromatic heterocycles. The van der Waals surface area contributed by atoms with E-state index in [2.05, 4.69) is 17.3 Å². The molecule has 1 atom stereocenters. The highest BCUT2D eigenvalue weighted by Crippen LogP contribution is 2.10. The van der Waals surface area contributed by atoms with Crippen LogP contribution in [0, 0.1) is 0 Å². The zero-order valence-corrected chi connectivity index (χ0v) is 10.3. The maximum atomic E-state index is 9.28. The lowest BCUT2D eigenvalue weighted by molar-refractivity contribution is -0.0268. The van der Waals surface area contributed by atoms with Crippen molar-refractivity contribution in [1.82, 2.24) is 10.2 Å². The Balaban J connectivity index is 2.36. The summed E-state index contributed by atoms with van der Waals surface area (Å²) in [7, 11) is 2.07. The maximum absolute atomic E-state index is 9.28. The monoisotopic (exact) mass is 232 g/mol. The minimum Gasteiger partial charge on any atom is -0.394 e. The summed E-state index contributed by atoms with van der Waals surface area (Å²) in [5.74, 6) is 0. The predicted octanol–water partition coefficient (Wildman–Crippen LogP) is -0.960. The van der Waals surface area contributed by atoms with Gasteiger partial charge in [0.25, 0.3) is 0 Å². The molecule has 1 unspecified atom stereocenters. The van der Waals surface area contributed by atoms with Crippen LogP contribution in [-0.4, -0.2) is 73.3 Å². The molecule has 1 aliphatic heterocycles. The van der Waals surface area contributed by atoms with Gasteiger partial charge in [-0.25, -0.2) is 0 Å². The Hall–Kier alpha value is -0.200. The number of rotatable bonds is 6. The lowest BCUT2D eigenvalue weighted by Crippen LogP contribution is -2.55. The van der Waals surface area contributed by atoms with Gasteiger partial charge in [-0.3, -0.25) is 0 Å². The van der Waals surface area contributed by atoms with Gasteiger partial charge in [-0.2, -0.15) is 0 Å². The second-order valence-corrected chi connectivity index (χ2v) is 4.59. The third-order valence-corrected chi connectivity index (χ3v) is 3.33. The van der Waals surface area contributed by atoms with Crippen LogP contribution in [0.25, 0.3) is 0 Å². The first-order valence-electron chi connectivity index (χ1n) is 5.92. The van der Waals surface area contributed by atoms with E-state index in [9.17, 15) is 10.2 Å². The number of morpholine rings is 1. The molecule has 0 saturated carbocycles. The average molecular weight is 232 g/mol. The fraction of sp³-hybridized carbons (Fsp3) is 1.00. The first kappa shape index (κ1) is 13.9. The molecule has 1 saturated heterocycles. The Kier molecular flexibility index (Phi) is 5.64. The van der Waals surface area contributed by atoms with Gasteiger partial charge >= 0.3 is 0 Å². The SMILES string of the molecule is CCC(CO)(CO)NCC1CN(C)CCO1. The number of aliphatic hydroxyl groups excluding tert-OH is 2. The molecule has 96 valence electrons. The van der Waals surface area contributed by atoms with Gasteiger partial charge in [0.15, 0.2) is 0 Å². The van der Waals surface area contributed by atoms with Crippen molar-refractivity contribution in [3.63, 3.8) is 0 Å². The number of ether oxygens (including phenoxy) is 1. The number of nitrogens with one attached hydrogen (secondary N) is 1. The molecule has 0 aliphatic carbocycles. The summed E-state index contributed by atoms with van der Waals surface area (Å²) in [5, 5.41) is 21.8. The summed E-state index contributed by atoms with van der Waals surface area (Å²) in [6.45, 7) is 5.12. The summed E-state index contributed by atoms with van der Waals surface area (Å²) in [6.07, 6.45) is 0.838. The fourth-order valence-corrected chi connectivity index (χ4v) is 1.83. The van der Waals surface area contributed by atoms with Crippen LogP contribution >= 0.6 is 0 Å². The summed E-state index contributed by atoms with van der Waals surface area (Å²) < 4.78 is 5.61. The van der Waals surface area contributed by atoms with Crippen molar-refractivity contribution in [2.75, 3.05) is 46.5 Å². The predicted molar refractivity (Wildman–Crippen MR) is 62.4 cm³/mol. The Morgan fingerprint density at radius 3 is 2.62 bits per heavy atom. The van der Waals surface area contributed by atoms with E-state index in [1.807, 2.05) is 6.92 Å². The quantitative estimate of drug-likeness (QED) is 0.550. The molecule has 1 fully saturated rings. The van der Waals surface area contributed by atoms with E-state index >= 15 is 0 Å². The number of hydrogen-bond donors (Lipinski definition) is 3. The highest BCUT2D eigenvalue weighted by atomic mass is 16.5. The molecule has 1 rings (SSSR count). The van der Waals surface area contributed by atoms with Crippen LogP contribution < -0.4 is 5.32 Å². The van der Waals surface area contributed by atoms with Gasteiger partial charge in [-0.05, 0) is 13.5 Å². The van der Waals surface area contributed by atoms with Crippen LogP contribution in [0.5, 0.6) is 0 Å². The third kappa shape index (κ3) is 3.68. The van der Waals surface area contributed by atoms with Crippen LogP contribution in [0.3, 0.4) is 0 Å². The van der Waals surface area contributed by atoms with Crippen molar-refractivity contribution in [3.8, 4) is 0 Å². The van der Waals surface area contributed by atoms with Crippen LogP contribution in [0.4, 0.5) is 0 Å². The van der Waals surface area contributed by atoms with Crippen LogP contribution in [-0.2, 0) is 4.74 Å². The molecule has 0 bridgehead atoms. The Bertz CT molecular complexity index is 189. The van der Waals surface area contributed by atoms with E-state index in [0.29, 0.717) is 13.0 Å². The number of hydrogen-bond acceptors (Lipinski definition) is 5.